The second kappa shape index (κ2) is 17.2. The minimum absolute atomic E-state index is 0.341. The van der Waals surface area contributed by atoms with Gasteiger partial charge in [-0.3, -0.25) is 8.80 Å². The first-order chi connectivity index (χ1) is 34.6. The monoisotopic (exact) mass is 920 g/mol. The Morgan fingerprint density at radius 3 is 1.04 bits per heavy atom. The van der Waals surface area contributed by atoms with E-state index in [0.717, 1.165) is 44.5 Å². The minimum atomic E-state index is -0.745. The van der Waals surface area contributed by atoms with Crippen molar-refractivity contribution in [2.75, 3.05) is 0 Å². The number of fused-ring (bicyclic) bond motifs is 12. The van der Waals surface area contributed by atoms with Crippen LogP contribution in [0.5, 0.6) is 0 Å². The van der Waals surface area contributed by atoms with Crippen LogP contribution in [0.4, 0.5) is 0 Å². The maximum Gasteiger partial charge on any atom is 0.145 e. The van der Waals surface area contributed by atoms with Crippen LogP contribution in [0.15, 0.2) is 194 Å². The van der Waals surface area contributed by atoms with Crippen LogP contribution in [0.3, 0.4) is 0 Å². The average molecular weight is 921 g/mol. The van der Waals surface area contributed by atoms with E-state index in [9.17, 15) is 0 Å². The molecule has 0 aliphatic carbocycles. The molecule has 4 aromatic heterocycles. The minimum Gasteiger partial charge on any atom is -0.292 e. The number of rotatable bonds is 10. The van der Waals surface area contributed by atoms with Gasteiger partial charge in [-0.05, 0) is 103 Å². The molecule has 4 heteroatoms. The molecule has 0 saturated carbocycles. The van der Waals surface area contributed by atoms with E-state index in [-0.39, 0.29) is 0 Å². The summed E-state index contributed by atoms with van der Waals surface area (Å²) < 4.78 is 4.88. The lowest BCUT2D eigenvalue weighted by Crippen LogP contribution is -2.31. The molecule has 0 amide bonds. The molecule has 0 spiro atoms. The van der Waals surface area contributed by atoms with Gasteiger partial charge in [0.25, 0.3) is 0 Å². The summed E-state index contributed by atoms with van der Waals surface area (Å²) in [4.78, 5) is 10.9. The molecule has 0 radical (unpaired) electrons. The molecule has 0 N–H and O–H groups in total. The van der Waals surface area contributed by atoms with Gasteiger partial charge in [-0.1, -0.05) is 213 Å². The lowest BCUT2D eigenvalue weighted by Gasteiger charge is -2.37. The number of pyridine rings is 2. The molecule has 8 aromatic carbocycles. The van der Waals surface area contributed by atoms with Crippen LogP contribution in [0.25, 0.3) is 77.2 Å². The van der Waals surface area contributed by atoms with Crippen molar-refractivity contribution < 1.29 is 0 Å². The molecule has 0 bridgehead atoms. The molecule has 12 rings (SSSR count). The molecule has 0 aliphatic rings. The molecule has 4 nitrogen and oxygen atoms in total. The number of hydrogen-bond donors (Lipinski definition) is 0. The Kier molecular flexibility index (Phi) is 10.8. The number of benzene rings is 8. The summed E-state index contributed by atoms with van der Waals surface area (Å²) in [7, 11) is 0. The topological polar surface area (TPSA) is 34.6 Å². The van der Waals surface area contributed by atoms with Gasteiger partial charge in [0.15, 0.2) is 0 Å². The van der Waals surface area contributed by atoms with Gasteiger partial charge in [-0.25, -0.2) is 9.97 Å². The van der Waals surface area contributed by atoms with Gasteiger partial charge in [-0.2, -0.15) is 0 Å². The number of aromatic nitrogens is 4. The van der Waals surface area contributed by atoms with Crippen molar-refractivity contribution in [1.82, 2.24) is 18.8 Å². The predicted octanol–water partition coefficient (Wildman–Crippen LogP) is 17.8. The quantitative estimate of drug-likeness (QED) is 0.101. The molecule has 348 valence electrons. The van der Waals surface area contributed by atoms with Crippen LogP contribution < -0.4 is 0 Å². The predicted molar refractivity (Wildman–Crippen MR) is 300 cm³/mol. The SMILES string of the molecule is CC(C)c1cccc(C(C)C)c1-c1cnc2c3cc(C(c4ccccc4)(c4ccccc4)c4ccc5c6ccccc6n6c(-c7c(C(C)C)cccc7C(C)C)cnc6c5c4)ccc3c3ccccc3n12. The summed E-state index contributed by atoms with van der Waals surface area (Å²) in [6, 6.07) is 68.0. The molecule has 71 heavy (non-hydrogen) atoms. The average Bonchev–Trinajstić information content (AvgIpc) is 4.06. The summed E-state index contributed by atoms with van der Waals surface area (Å²) in [5.74, 6) is 1.36. The summed E-state index contributed by atoms with van der Waals surface area (Å²) in [5.41, 5.74) is 18.4. The fourth-order valence-electron chi connectivity index (χ4n) is 12.2. The Morgan fingerprint density at radius 1 is 0.324 bits per heavy atom. The smallest absolute Gasteiger partial charge is 0.145 e. The van der Waals surface area contributed by atoms with Crippen molar-refractivity contribution in [1.29, 1.82) is 0 Å². The highest BCUT2D eigenvalue weighted by Crippen LogP contribution is 2.49. The van der Waals surface area contributed by atoms with Crippen molar-refractivity contribution in [3.63, 3.8) is 0 Å². The summed E-state index contributed by atoms with van der Waals surface area (Å²) in [6.45, 7) is 18.4. The second-order valence-electron chi connectivity index (χ2n) is 20.9. The van der Waals surface area contributed by atoms with Crippen molar-refractivity contribution in [2.24, 2.45) is 0 Å². The van der Waals surface area contributed by atoms with Crippen LogP contribution in [0.1, 0.15) is 124 Å². The highest BCUT2D eigenvalue weighted by atomic mass is 15.0. The van der Waals surface area contributed by atoms with E-state index < -0.39 is 5.41 Å². The Balaban J connectivity index is 1.19. The van der Waals surface area contributed by atoms with Gasteiger partial charge in [0.1, 0.15) is 11.3 Å². The summed E-state index contributed by atoms with van der Waals surface area (Å²) in [6.07, 6.45) is 4.26. The second-order valence-corrected chi connectivity index (χ2v) is 20.9. The highest BCUT2D eigenvalue weighted by molar-refractivity contribution is 6.14. The van der Waals surface area contributed by atoms with Gasteiger partial charge in [0, 0.05) is 32.7 Å². The zero-order chi connectivity index (χ0) is 48.7. The van der Waals surface area contributed by atoms with E-state index in [1.54, 1.807) is 0 Å². The van der Waals surface area contributed by atoms with Crippen molar-refractivity contribution in [3.05, 3.63) is 239 Å². The van der Waals surface area contributed by atoms with Gasteiger partial charge in [-0.15, -0.1) is 0 Å². The van der Waals surface area contributed by atoms with Crippen LogP contribution in [-0.2, 0) is 5.41 Å². The Morgan fingerprint density at radius 2 is 0.676 bits per heavy atom. The van der Waals surface area contributed by atoms with E-state index in [1.165, 1.54) is 77.2 Å². The number of hydrogen-bond acceptors (Lipinski definition) is 2. The number of nitrogens with zero attached hydrogens (tertiary/aromatic N) is 4. The van der Waals surface area contributed by atoms with E-state index >= 15 is 0 Å². The molecular formula is C67H60N4. The fraction of sp³-hybridized carbons (Fsp3) is 0.194. The molecule has 0 atom stereocenters. The van der Waals surface area contributed by atoms with Crippen molar-refractivity contribution in [2.45, 2.75) is 84.5 Å². The number of imidazole rings is 2. The summed E-state index contributed by atoms with van der Waals surface area (Å²) in [5, 5.41) is 7.01. The Hall–Kier alpha value is -7.82. The first kappa shape index (κ1) is 44.4. The van der Waals surface area contributed by atoms with E-state index in [2.05, 4.69) is 259 Å². The van der Waals surface area contributed by atoms with Gasteiger partial charge in [0.05, 0.1) is 40.2 Å². The van der Waals surface area contributed by atoms with Crippen molar-refractivity contribution in [3.8, 4) is 22.5 Å². The maximum atomic E-state index is 5.43. The van der Waals surface area contributed by atoms with Crippen LogP contribution in [-0.4, -0.2) is 18.8 Å². The zero-order valence-corrected chi connectivity index (χ0v) is 42.1. The molecule has 0 fully saturated rings. The standard InChI is InChI=1S/C67H60N4/c1-41(2)49-27-19-28-50(42(3)4)63(49)61-39-68-65-57-37-47(33-35-53(57)55-25-15-17-31-59(55)70(61)65)67(45-21-11-9-12-22-45,46-23-13-10-14-24-46)48-34-36-54-56-26-16-18-32-60(56)71-62(40-69-66(71)58(54)38-48)64-51(43(5)6)29-20-30-52(64)44(7)8/h9-44H,1-8H3. The third kappa shape index (κ3) is 6.79. The molecule has 4 heterocycles. The third-order valence-electron chi connectivity index (χ3n) is 15.5. The van der Waals surface area contributed by atoms with Crippen LogP contribution in [0.2, 0.25) is 0 Å². The Bertz CT molecular complexity index is 3680. The molecular weight excluding hydrogens is 861 g/mol. The maximum absolute atomic E-state index is 5.43. The molecule has 0 unspecified atom stereocenters. The first-order valence-corrected chi connectivity index (χ1v) is 25.6. The third-order valence-corrected chi connectivity index (χ3v) is 15.5. The Labute approximate surface area is 417 Å². The van der Waals surface area contributed by atoms with Gasteiger partial charge in [0.2, 0.25) is 0 Å². The van der Waals surface area contributed by atoms with Crippen molar-refractivity contribution >= 4 is 54.6 Å². The zero-order valence-electron chi connectivity index (χ0n) is 42.1. The van der Waals surface area contributed by atoms with Crippen LogP contribution in [0, 0.1) is 0 Å². The van der Waals surface area contributed by atoms with E-state index in [4.69, 9.17) is 9.97 Å². The fourth-order valence-corrected chi connectivity index (χ4v) is 12.2. The van der Waals surface area contributed by atoms with E-state index in [1.807, 2.05) is 0 Å². The molecule has 0 aliphatic heterocycles. The summed E-state index contributed by atoms with van der Waals surface area (Å²) >= 11 is 0. The first-order valence-electron chi connectivity index (χ1n) is 25.6. The van der Waals surface area contributed by atoms with Gasteiger partial charge < -0.3 is 0 Å². The lowest BCUT2D eigenvalue weighted by molar-refractivity contribution is 0.748. The highest BCUT2D eigenvalue weighted by Gasteiger charge is 2.39. The lowest BCUT2D eigenvalue weighted by atomic mass is 9.64. The number of para-hydroxylation sites is 2. The van der Waals surface area contributed by atoms with E-state index in [0.29, 0.717) is 23.7 Å². The van der Waals surface area contributed by atoms with Crippen LogP contribution >= 0.6 is 0 Å². The molecule has 12 aromatic rings. The largest absolute Gasteiger partial charge is 0.292 e. The van der Waals surface area contributed by atoms with Gasteiger partial charge >= 0.3 is 0 Å². The molecule has 0 saturated heterocycles. The normalized spacial score (nSPS) is 12.5.